The van der Waals surface area contributed by atoms with Crippen molar-refractivity contribution in [1.29, 1.82) is 0 Å². The number of ether oxygens (including phenoxy) is 1. The summed E-state index contributed by atoms with van der Waals surface area (Å²) >= 11 is 23.3. The molecule has 9 N–H and O–H groups in total. The summed E-state index contributed by atoms with van der Waals surface area (Å²) in [6.07, 6.45) is 5.03. The number of hydrogen-bond donors (Lipinski definition) is 9. The van der Waals surface area contributed by atoms with Gasteiger partial charge >= 0.3 is 5.97 Å². The van der Waals surface area contributed by atoms with Gasteiger partial charge in [-0.1, -0.05) is 34.8 Å². The number of H-pyrrole nitrogens is 3. The van der Waals surface area contributed by atoms with Crippen molar-refractivity contribution in [2.45, 2.75) is 13.8 Å². The molecule has 97 heavy (non-hydrogen) atoms. The fourth-order valence-electron chi connectivity index (χ4n) is 10.3. The van der Waals surface area contributed by atoms with Crippen LogP contribution in [0.15, 0.2) is 146 Å². The van der Waals surface area contributed by atoms with E-state index >= 15 is 0 Å². The van der Waals surface area contributed by atoms with Crippen molar-refractivity contribution in [3.8, 4) is 0 Å². The number of amides is 1. The fraction of sp³-hybridized carbons (Fsp3) is 0.136. The third kappa shape index (κ3) is 14.4. The lowest BCUT2D eigenvalue weighted by molar-refractivity contribution is 0.0696. The first-order valence-electron chi connectivity index (χ1n) is 29.6. The third-order valence-corrected chi connectivity index (χ3v) is 16.4. The number of aromatic carboxylic acids is 1. The van der Waals surface area contributed by atoms with Crippen LogP contribution in [0.2, 0.25) is 15.1 Å². The van der Waals surface area contributed by atoms with E-state index in [0.717, 1.165) is 66.2 Å². The van der Waals surface area contributed by atoms with Gasteiger partial charge in [0.1, 0.15) is 6.33 Å². The number of rotatable bonds is 14. The van der Waals surface area contributed by atoms with Crippen LogP contribution in [0.5, 0.6) is 0 Å². The van der Waals surface area contributed by atoms with Crippen LogP contribution in [0.25, 0.3) is 77.2 Å². The maximum absolute atomic E-state index is 12.2. The maximum atomic E-state index is 12.2. The summed E-state index contributed by atoms with van der Waals surface area (Å²) in [5, 5.41) is 26.8. The fourth-order valence-corrected chi connectivity index (χ4v) is 11.0. The van der Waals surface area contributed by atoms with E-state index in [0.29, 0.717) is 103 Å². The minimum atomic E-state index is -0.980. The average molecular weight is 1380 g/mol. The van der Waals surface area contributed by atoms with E-state index in [4.69, 9.17) is 56.9 Å². The zero-order chi connectivity index (χ0) is 68.3. The number of carbonyl (C=O) groups excluding carboxylic acids is 3. The van der Waals surface area contributed by atoms with Gasteiger partial charge in [0.2, 0.25) is 41.6 Å². The second-order valence-corrected chi connectivity index (χ2v) is 23.7. The van der Waals surface area contributed by atoms with Gasteiger partial charge in [0.25, 0.3) is 5.91 Å². The third-order valence-electron chi connectivity index (χ3n) is 15.4. The molecule has 0 spiro atoms. The Hall–Kier alpha value is -11.6. The van der Waals surface area contributed by atoms with Gasteiger partial charge in [-0.15, -0.1) is 0 Å². The van der Waals surface area contributed by atoms with E-state index in [-0.39, 0.29) is 23.0 Å². The van der Waals surface area contributed by atoms with Crippen LogP contribution >= 0.6 is 47.0 Å². The Labute approximate surface area is 570 Å². The summed E-state index contributed by atoms with van der Waals surface area (Å²) in [7, 11) is 9.14. The molecule has 0 aliphatic carbocycles. The molecule has 0 fully saturated rings. The topological polar surface area (TPSA) is 333 Å². The van der Waals surface area contributed by atoms with Gasteiger partial charge in [0.15, 0.2) is 16.7 Å². The van der Waals surface area contributed by atoms with Crippen molar-refractivity contribution in [3.05, 3.63) is 183 Å². The van der Waals surface area contributed by atoms with Crippen molar-refractivity contribution < 1.29 is 29.0 Å². The van der Waals surface area contributed by atoms with Crippen LogP contribution < -0.4 is 26.6 Å². The first-order valence-corrected chi connectivity index (χ1v) is 31.1. The summed E-state index contributed by atoms with van der Waals surface area (Å²) in [6.45, 7) is 4.01. The smallest absolute Gasteiger partial charge is 0.335 e. The maximum Gasteiger partial charge on any atom is 0.335 e. The Balaban J connectivity index is 0.000000124. The Morgan fingerprint density at radius 2 is 0.866 bits per heavy atom. The number of Topliss-reactive ketones (excluding diaryl/α,β-unsaturated/α-hetero) is 2. The highest BCUT2D eigenvalue weighted by atomic mass is 35.5. The zero-order valence-electron chi connectivity index (χ0n) is 52.6. The Bertz CT molecular complexity index is 5370. The molecule has 8 heterocycles. The van der Waals surface area contributed by atoms with Crippen LogP contribution in [0.4, 0.5) is 41.6 Å². The predicted octanol–water partition coefficient (Wildman–Crippen LogP) is 13.0. The van der Waals surface area contributed by atoms with E-state index in [1.807, 2.05) is 95.0 Å². The summed E-state index contributed by atoms with van der Waals surface area (Å²) in [4.78, 5) is 91.2. The second kappa shape index (κ2) is 27.8. The molecule has 15 rings (SSSR count). The Morgan fingerprint density at radius 1 is 0.495 bits per heavy atom. The molecule has 0 radical (unpaired) electrons. The summed E-state index contributed by atoms with van der Waals surface area (Å²) in [5.74, 6) is 2.99. The molecule has 0 aliphatic heterocycles. The first kappa shape index (κ1) is 65.5. The number of imidazole rings is 8. The second-order valence-electron chi connectivity index (χ2n) is 22.0. The van der Waals surface area contributed by atoms with Crippen LogP contribution in [0.1, 0.15) is 55.3 Å². The summed E-state index contributed by atoms with van der Waals surface area (Å²) < 4.78 is 14.2. The highest BCUT2D eigenvalue weighted by molar-refractivity contribution is 7.80. The molecule has 490 valence electrons. The molecule has 8 aromatic heterocycles. The molecular weight excluding hydrogens is 1320 g/mol. The highest BCUT2D eigenvalue weighted by Crippen LogP contribution is 2.29. The van der Waals surface area contributed by atoms with Crippen LogP contribution in [-0.4, -0.2) is 132 Å². The van der Waals surface area contributed by atoms with Gasteiger partial charge in [-0.05, 0) is 153 Å². The number of aryl methyl sites for hydroxylation is 4. The summed E-state index contributed by atoms with van der Waals surface area (Å²) in [6, 6.07) is 37.5. The van der Waals surface area contributed by atoms with Crippen molar-refractivity contribution in [2.24, 2.45) is 28.2 Å². The quantitative estimate of drug-likeness (QED) is 0.0277. The number of carbonyl (C=O) groups is 4. The normalized spacial score (nSPS) is 11.2. The van der Waals surface area contributed by atoms with Crippen LogP contribution in [-0.2, 0) is 32.9 Å². The highest BCUT2D eigenvalue weighted by Gasteiger charge is 2.18. The molecule has 15 aromatic rings. The zero-order valence-corrected chi connectivity index (χ0v) is 55.7. The van der Waals surface area contributed by atoms with E-state index in [9.17, 15) is 19.2 Å². The van der Waals surface area contributed by atoms with Crippen LogP contribution in [0, 0.1) is 0 Å². The lowest BCUT2D eigenvalue weighted by Crippen LogP contribution is -2.26. The molecule has 0 saturated carbocycles. The number of aromatic nitrogens is 16. The van der Waals surface area contributed by atoms with Gasteiger partial charge in [-0.2, -0.15) is 0 Å². The van der Waals surface area contributed by atoms with Gasteiger partial charge in [0.05, 0.1) is 89.4 Å². The van der Waals surface area contributed by atoms with E-state index in [2.05, 4.69) is 81.4 Å². The van der Waals surface area contributed by atoms with Crippen molar-refractivity contribution in [2.75, 3.05) is 41.5 Å². The van der Waals surface area contributed by atoms with Gasteiger partial charge in [0, 0.05) is 86.0 Å². The SMILES string of the molecule is CC(=O)c1ccc2c(c1)nc(NC(=S)n1ccnc1)n2C.CC(=O)c1ccc2c(c1)nc(Nc1nc3ccc(Cl)cc3[nH]1)n2C.COCCNC(=O)c1ccc2c(c1)nc(Nc1nc3ccc(Cl)cc3[nH]1)n2C.Cn1c(Nc2nc3ccc(Cl)cc3[nH]2)nc2cc(C(=O)O)ccc21. The molecule has 0 unspecified atom stereocenters. The number of hydrogen-bond acceptors (Lipinski definition) is 17. The number of benzene rings is 7. The van der Waals surface area contributed by atoms with E-state index in [1.165, 1.54) is 6.92 Å². The number of carboxylic acids is 1. The number of nitrogens with one attached hydrogen (secondary N) is 8. The van der Waals surface area contributed by atoms with Crippen LogP contribution in [0.3, 0.4) is 0 Å². The minimum Gasteiger partial charge on any atom is -0.478 e. The number of methoxy groups -OCH3 is 1. The van der Waals surface area contributed by atoms with E-state index < -0.39 is 5.97 Å². The molecule has 27 nitrogen and oxygen atoms in total. The number of halogens is 3. The van der Waals surface area contributed by atoms with Gasteiger partial charge in [-0.25, -0.2) is 44.7 Å². The minimum absolute atomic E-state index is 0.0194. The number of ketones is 2. The number of thiocarbonyl (C=S) groups is 1. The van der Waals surface area contributed by atoms with Crippen molar-refractivity contribution in [1.82, 2.24) is 83.0 Å². The number of aromatic amines is 3. The predicted molar refractivity (Wildman–Crippen MR) is 381 cm³/mol. The summed E-state index contributed by atoms with van der Waals surface area (Å²) in [5.41, 5.74) is 13.3. The number of carboxylic acid groups (broad SMARTS) is 1. The molecule has 0 atom stereocenters. The van der Waals surface area contributed by atoms with Crippen molar-refractivity contribution in [3.63, 3.8) is 0 Å². The number of fused-ring (bicyclic) bond motifs is 7. The molecule has 0 bridgehead atoms. The average Bonchev–Trinajstić information content (AvgIpc) is 1.67. The monoisotopic (exact) mass is 1380 g/mol. The number of nitrogens with zero attached hydrogens (tertiary/aromatic N) is 13. The van der Waals surface area contributed by atoms with Crippen molar-refractivity contribution >= 4 is 194 Å². The van der Waals surface area contributed by atoms with Gasteiger partial charge < -0.3 is 53.7 Å². The molecule has 0 aliphatic rings. The molecule has 31 heteroatoms. The Morgan fingerprint density at radius 3 is 1.25 bits per heavy atom. The number of anilines is 7. The lowest BCUT2D eigenvalue weighted by atomic mass is 10.1. The Kier molecular flexibility index (Phi) is 18.8. The molecule has 7 aromatic carbocycles. The van der Waals surface area contributed by atoms with Gasteiger partial charge in [-0.3, -0.25) is 34.9 Å². The molecular formula is C66H58Cl3N21O6S. The molecule has 0 saturated heterocycles. The first-order chi connectivity index (χ1) is 46.6. The lowest BCUT2D eigenvalue weighted by Gasteiger charge is -2.07. The largest absolute Gasteiger partial charge is 0.478 e. The standard InChI is InChI=1S/C19H19ClN6O2.C17H14ClN5O.C16H12ClN5O2.C14H13N5OS/c1-26-16-6-3-11(17(27)21-7-8-28-2)9-15(16)24-19(26)25-18-22-13-5-4-12(20)10-14(13)23-18;1-9(24)10-3-6-15-14(7-10)21-17(23(15)2)22-16-19-12-5-4-11(18)8-13(12)20-16;1-22-13-5-2-8(14(23)24)6-12(13)20-16(22)21-15-18-10-4-3-9(17)7-11(10)19-15;1-9(20)10-3-4-12-11(7-10)16-13(18(12)2)17-14(21)19-6-5-15-8-19/h3-6,9-10H,7-8H2,1-2H3,(H,21,27)(H2,22,23,24,25);3-8H,1-2H3,(H2,19,20,21,22);2-7H,1H3,(H,23,24)(H2,18,19,20,21);3-8H,1-2H3,(H,16,17,21). The van der Waals surface area contributed by atoms with E-state index in [1.54, 1.807) is 116 Å². The molecule has 1 amide bonds.